The molecule has 2 rings (SSSR count). The fourth-order valence-corrected chi connectivity index (χ4v) is 2.01. The fourth-order valence-electron chi connectivity index (χ4n) is 2.01. The lowest BCUT2D eigenvalue weighted by Crippen LogP contribution is -2.48. The molecule has 1 aliphatic heterocycles. The van der Waals surface area contributed by atoms with E-state index in [9.17, 15) is 9.59 Å². The van der Waals surface area contributed by atoms with Crippen molar-refractivity contribution in [1.82, 2.24) is 9.80 Å². The standard InChI is InChI=1S/C13H16N2O2/c1-11-4-2-3-5-12(11)13(17)15-8-6-14(10-16)7-9-15/h2-5,10H,6-9H2,1H3. The van der Waals surface area contributed by atoms with Gasteiger partial charge in [0, 0.05) is 31.7 Å². The number of aryl methyl sites for hydroxylation is 1. The predicted octanol–water partition coefficient (Wildman–Crippen LogP) is 0.909. The molecule has 2 amide bonds. The van der Waals surface area contributed by atoms with Crippen LogP contribution in [0.25, 0.3) is 0 Å². The van der Waals surface area contributed by atoms with Crippen molar-refractivity contribution in [2.45, 2.75) is 6.92 Å². The maximum Gasteiger partial charge on any atom is 0.254 e. The first-order valence-corrected chi connectivity index (χ1v) is 5.76. The number of nitrogens with zero attached hydrogens (tertiary/aromatic N) is 2. The molecule has 90 valence electrons. The van der Waals surface area contributed by atoms with Crippen LogP contribution >= 0.6 is 0 Å². The number of hydrogen-bond acceptors (Lipinski definition) is 2. The smallest absolute Gasteiger partial charge is 0.254 e. The summed E-state index contributed by atoms with van der Waals surface area (Å²) < 4.78 is 0. The number of rotatable bonds is 2. The predicted molar refractivity (Wildman–Crippen MR) is 64.7 cm³/mol. The van der Waals surface area contributed by atoms with Crippen molar-refractivity contribution in [1.29, 1.82) is 0 Å². The molecular weight excluding hydrogens is 216 g/mol. The zero-order chi connectivity index (χ0) is 12.3. The molecule has 1 heterocycles. The van der Waals surface area contributed by atoms with Crippen LogP contribution in [0.4, 0.5) is 0 Å². The topological polar surface area (TPSA) is 40.6 Å². The lowest BCUT2D eigenvalue weighted by atomic mass is 10.1. The molecule has 0 atom stereocenters. The van der Waals surface area contributed by atoms with Gasteiger partial charge in [0.05, 0.1) is 0 Å². The van der Waals surface area contributed by atoms with Crippen LogP contribution in [0.15, 0.2) is 24.3 Å². The van der Waals surface area contributed by atoms with Gasteiger partial charge in [0.25, 0.3) is 5.91 Å². The Kier molecular flexibility index (Phi) is 3.42. The number of carbonyl (C=O) groups is 2. The molecule has 4 heteroatoms. The van der Waals surface area contributed by atoms with E-state index in [1.165, 1.54) is 0 Å². The molecule has 0 radical (unpaired) electrons. The van der Waals surface area contributed by atoms with Crippen LogP contribution < -0.4 is 0 Å². The molecule has 0 bridgehead atoms. The molecule has 0 unspecified atom stereocenters. The first-order valence-electron chi connectivity index (χ1n) is 5.76. The summed E-state index contributed by atoms with van der Waals surface area (Å²) >= 11 is 0. The number of hydrogen-bond donors (Lipinski definition) is 0. The molecule has 1 saturated heterocycles. The average Bonchev–Trinajstić information content (AvgIpc) is 2.39. The van der Waals surface area contributed by atoms with Gasteiger partial charge in [0.15, 0.2) is 0 Å². The highest BCUT2D eigenvalue weighted by molar-refractivity contribution is 5.95. The summed E-state index contributed by atoms with van der Waals surface area (Å²) in [6, 6.07) is 7.59. The summed E-state index contributed by atoms with van der Waals surface area (Å²) in [5.41, 5.74) is 1.75. The molecule has 0 N–H and O–H groups in total. The highest BCUT2D eigenvalue weighted by Gasteiger charge is 2.21. The highest BCUT2D eigenvalue weighted by Crippen LogP contribution is 2.12. The molecule has 1 aliphatic rings. The molecule has 0 spiro atoms. The summed E-state index contributed by atoms with van der Waals surface area (Å²) in [6.45, 7) is 4.43. The van der Waals surface area contributed by atoms with Crippen molar-refractivity contribution in [3.05, 3.63) is 35.4 Å². The molecule has 17 heavy (non-hydrogen) atoms. The number of amides is 2. The lowest BCUT2D eigenvalue weighted by Gasteiger charge is -2.32. The van der Waals surface area contributed by atoms with E-state index < -0.39 is 0 Å². The molecule has 1 fully saturated rings. The van der Waals surface area contributed by atoms with Crippen molar-refractivity contribution in [3.63, 3.8) is 0 Å². The normalized spacial score (nSPS) is 15.8. The minimum Gasteiger partial charge on any atom is -0.342 e. The Hall–Kier alpha value is -1.84. The van der Waals surface area contributed by atoms with Gasteiger partial charge in [-0.05, 0) is 18.6 Å². The summed E-state index contributed by atoms with van der Waals surface area (Å²) in [7, 11) is 0. The monoisotopic (exact) mass is 232 g/mol. The van der Waals surface area contributed by atoms with Gasteiger partial charge in [-0.2, -0.15) is 0 Å². The third-order valence-electron chi connectivity index (χ3n) is 3.13. The van der Waals surface area contributed by atoms with Crippen LogP contribution in [0, 0.1) is 6.92 Å². The van der Waals surface area contributed by atoms with E-state index in [-0.39, 0.29) is 5.91 Å². The molecular formula is C13H16N2O2. The average molecular weight is 232 g/mol. The number of piperazine rings is 1. The number of carbonyl (C=O) groups excluding carboxylic acids is 2. The summed E-state index contributed by atoms with van der Waals surface area (Å²) in [4.78, 5) is 26.3. The Balaban J connectivity index is 2.07. The van der Waals surface area contributed by atoms with Crippen molar-refractivity contribution in [2.75, 3.05) is 26.2 Å². The first-order chi connectivity index (χ1) is 8.22. The van der Waals surface area contributed by atoms with Crippen LogP contribution in [-0.2, 0) is 4.79 Å². The fraction of sp³-hybridized carbons (Fsp3) is 0.385. The Morgan fingerprint density at radius 3 is 2.41 bits per heavy atom. The minimum atomic E-state index is 0.0636. The third-order valence-corrected chi connectivity index (χ3v) is 3.13. The van der Waals surface area contributed by atoms with Gasteiger partial charge in [0.1, 0.15) is 0 Å². The zero-order valence-corrected chi connectivity index (χ0v) is 9.93. The Labute approximate surface area is 101 Å². The van der Waals surface area contributed by atoms with E-state index in [0.29, 0.717) is 26.2 Å². The highest BCUT2D eigenvalue weighted by atomic mass is 16.2. The second-order valence-electron chi connectivity index (χ2n) is 4.25. The van der Waals surface area contributed by atoms with E-state index in [4.69, 9.17) is 0 Å². The van der Waals surface area contributed by atoms with Gasteiger partial charge in [-0.25, -0.2) is 0 Å². The van der Waals surface area contributed by atoms with Gasteiger partial charge in [0.2, 0.25) is 6.41 Å². The SMILES string of the molecule is Cc1ccccc1C(=O)N1CCN(C=O)CC1. The van der Waals surface area contributed by atoms with Crippen LogP contribution in [0.1, 0.15) is 15.9 Å². The maximum atomic E-state index is 12.2. The molecule has 4 nitrogen and oxygen atoms in total. The summed E-state index contributed by atoms with van der Waals surface area (Å²) in [5.74, 6) is 0.0636. The van der Waals surface area contributed by atoms with Crippen LogP contribution in [-0.4, -0.2) is 48.3 Å². The van der Waals surface area contributed by atoms with Crippen molar-refractivity contribution < 1.29 is 9.59 Å². The third kappa shape index (κ3) is 2.46. The summed E-state index contributed by atoms with van der Waals surface area (Å²) in [6.07, 6.45) is 0.843. The number of benzene rings is 1. The van der Waals surface area contributed by atoms with Gasteiger partial charge >= 0.3 is 0 Å². The largest absolute Gasteiger partial charge is 0.342 e. The lowest BCUT2D eigenvalue weighted by molar-refractivity contribution is -0.119. The van der Waals surface area contributed by atoms with Gasteiger partial charge < -0.3 is 9.80 Å². The molecule has 0 aromatic heterocycles. The van der Waals surface area contributed by atoms with Gasteiger partial charge in [-0.1, -0.05) is 18.2 Å². The second-order valence-corrected chi connectivity index (χ2v) is 4.25. The molecule has 1 aromatic carbocycles. The van der Waals surface area contributed by atoms with Gasteiger partial charge in [-0.15, -0.1) is 0 Å². The Morgan fingerprint density at radius 1 is 1.18 bits per heavy atom. The maximum absolute atomic E-state index is 12.2. The zero-order valence-electron chi connectivity index (χ0n) is 9.93. The van der Waals surface area contributed by atoms with E-state index in [1.54, 1.807) is 4.90 Å². The van der Waals surface area contributed by atoms with Crippen molar-refractivity contribution >= 4 is 12.3 Å². The van der Waals surface area contributed by atoms with Crippen molar-refractivity contribution in [3.8, 4) is 0 Å². The van der Waals surface area contributed by atoms with Crippen LogP contribution in [0.2, 0.25) is 0 Å². The Bertz CT molecular complexity index is 423. The van der Waals surface area contributed by atoms with E-state index in [1.807, 2.05) is 36.1 Å². The molecule has 1 aromatic rings. The van der Waals surface area contributed by atoms with E-state index in [0.717, 1.165) is 17.5 Å². The van der Waals surface area contributed by atoms with Crippen LogP contribution in [0.3, 0.4) is 0 Å². The second kappa shape index (κ2) is 4.99. The van der Waals surface area contributed by atoms with Crippen LogP contribution in [0.5, 0.6) is 0 Å². The van der Waals surface area contributed by atoms with Gasteiger partial charge in [-0.3, -0.25) is 9.59 Å². The van der Waals surface area contributed by atoms with Crippen molar-refractivity contribution in [2.24, 2.45) is 0 Å². The minimum absolute atomic E-state index is 0.0636. The van der Waals surface area contributed by atoms with E-state index >= 15 is 0 Å². The Morgan fingerprint density at radius 2 is 1.82 bits per heavy atom. The molecule has 0 saturated carbocycles. The van der Waals surface area contributed by atoms with E-state index in [2.05, 4.69) is 0 Å². The summed E-state index contributed by atoms with van der Waals surface area (Å²) in [5, 5.41) is 0. The molecule has 0 aliphatic carbocycles. The first kappa shape index (κ1) is 11.6. The quantitative estimate of drug-likeness (QED) is 0.711.